The molecular formula is C17H23NO2. The van der Waals surface area contributed by atoms with Crippen molar-refractivity contribution in [2.24, 2.45) is 5.92 Å². The molecule has 3 rings (SSSR count). The third-order valence-electron chi connectivity index (χ3n) is 4.65. The second kappa shape index (κ2) is 6.40. The lowest BCUT2D eigenvalue weighted by Gasteiger charge is -2.28. The van der Waals surface area contributed by atoms with Crippen molar-refractivity contribution in [2.45, 2.75) is 44.1 Å². The summed E-state index contributed by atoms with van der Waals surface area (Å²) in [6, 6.07) is 10.9. The molecule has 1 aromatic rings. The van der Waals surface area contributed by atoms with Crippen LogP contribution in [0.5, 0.6) is 0 Å². The number of carbonyl (C=O) groups is 1. The van der Waals surface area contributed by atoms with E-state index in [-0.39, 0.29) is 17.9 Å². The van der Waals surface area contributed by atoms with Crippen LogP contribution in [0.25, 0.3) is 0 Å². The molecule has 108 valence electrons. The number of amides is 1. The Morgan fingerprint density at radius 1 is 1.05 bits per heavy atom. The minimum absolute atomic E-state index is 0.204. The molecule has 0 bridgehead atoms. The van der Waals surface area contributed by atoms with Crippen LogP contribution in [0.3, 0.4) is 0 Å². The van der Waals surface area contributed by atoms with E-state index in [4.69, 9.17) is 4.74 Å². The van der Waals surface area contributed by atoms with Crippen LogP contribution >= 0.6 is 0 Å². The molecule has 0 radical (unpaired) electrons. The summed E-state index contributed by atoms with van der Waals surface area (Å²) in [7, 11) is 0. The van der Waals surface area contributed by atoms with E-state index in [0.717, 1.165) is 38.7 Å². The van der Waals surface area contributed by atoms with Gasteiger partial charge in [0.15, 0.2) is 0 Å². The summed E-state index contributed by atoms with van der Waals surface area (Å²) >= 11 is 0. The van der Waals surface area contributed by atoms with Crippen molar-refractivity contribution in [3.05, 3.63) is 35.9 Å². The zero-order valence-electron chi connectivity index (χ0n) is 11.9. The zero-order chi connectivity index (χ0) is 13.8. The van der Waals surface area contributed by atoms with Crippen molar-refractivity contribution in [1.82, 2.24) is 5.32 Å². The molecule has 0 unspecified atom stereocenters. The van der Waals surface area contributed by atoms with Crippen LogP contribution in [0.15, 0.2) is 30.3 Å². The Kier molecular flexibility index (Phi) is 4.36. The largest absolute Gasteiger partial charge is 0.379 e. The van der Waals surface area contributed by atoms with Crippen molar-refractivity contribution >= 4 is 5.91 Å². The fourth-order valence-corrected chi connectivity index (χ4v) is 3.38. The van der Waals surface area contributed by atoms with E-state index in [1.807, 2.05) is 0 Å². The van der Waals surface area contributed by atoms with Crippen LogP contribution in [0.1, 0.15) is 43.6 Å². The molecule has 1 atom stereocenters. The number of ether oxygens (including phenoxy) is 1. The number of nitrogens with one attached hydrogen (secondary N) is 1. The van der Waals surface area contributed by atoms with Gasteiger partial charge in [0, 0.05) is 12.5 Å². The zero-order valence-corrected chi connectivity index (χ0v) is 11.9. The van der Waals surface area contributed by atoms with E-state index >= 15 is 0 Å². The predicted molar refractivity (Wildman–Crippen MR) is 78.5 cm³/mol. The van der Waals surface area contributed by atoms with Crippen LogP contribution in [-0.2, 0) is 9.53 Å². The van der Waals surface area contributed by atoms with Crippen LogP contribution in [-0.4, -0.2) is 25.2 Å². The topological polar surface area (TPSA) is 38.3 Å². The smallest absolute Gasteiger partial charge is 0.223 e. The van der Waals surface area contributed by atoms with Gasteiger partial charge in [-0.1, -0.05) is 30.3 Å². The molecule has 1 aliphatic heterocycles. The van der Waals surface area contributed by atoms with Crippen molar-refractivity contribution in [1.29, 1.82) is 0 Å². The molecule has 1 aliphatic carbocycles. The van der Waals surface area contributed by atoms with E-state index in [0.29, 0.717) is 12.5 Å². The first-order valence-corrected chi connectivity index (χ1v) is 7.76. The highest BCUT2D eigenvalue weighted by Gasteiger charge is 2.28. The summed E-state index contributed by atoms with van der Waals surface area (Å²) in [5.74, 6) is 1.08. The lowest BCUT2D eigenvalue weighted by molar-refractivity contribution is -0.126. The molecule has 1 saturated carbocycles. The first-order valence-electron chi connectivity index (χ1n) is 7.76. The number of rotatable bonds is 3. The fraction of sp³-hybridized carbons (Fsp3) is 0.588. The summed E-state index contributed by atoms with van der Waals surface area (Å²) in [4.78, 5) is 12.2. The van der Waals surface area contributed by atoms with Crippen molar-refractivity contribution < 1.29 is 9.53 Å². The highest BCUT2D eigenvalue weighted by molar-refractivity contribution is 5.79. The molecule has 0 aromatic heterocycles. The van der Waals surface area contributed by atoms with Crippen molar-refractivity contribution in [3.8, 4) is 0 Å². The SMILES string of the molecule is O=C(N[C@H]1CCOC1)C1CCC(c2ccccc2)CC1. The van der Waals surface area contributed by atoms with E-state index in [1.54, 1.807) is 0 Å². The van der Waals surface area contributed by atoms with Gasteiger partial charge in [0.05, 0.1) is 12.6 Å². The molecule has 3 nitrogen and oxygen atoms in total. The van der Waals surface area contributed by atoms with E-state index in [1.165, 1.54) is 5.56 Å². The van der Waals surface area contributed by atoms with Gasteiger partial charge in [0.25, 0.3) is 0 Å². The lowest BCUT2D eigenvalue weighted by atomic mass is 9.78. The van der Waals surface area contributed by atoms with Gasteiger partial charge in [0.1, 0.15) is 0 Å². The van der Waals surface area contributed by atoms with Crippen LogP contribution in [0, 0.1) is 5.92 Å². The standard InChI is InChI=1S/C17H23NO2/c19-17(18-16-10-11-20-12-16)15-8-6-14(7-9-15)13-4-2-1-3-5-13/h1-5,14-16H,6-12H2,(H,18,19)/t14?,15?,16-/m0/s1. The molecule has 3 heteroatoms. The normalized spacial score (nSPS) is 30.1. The first kappa shape index (κ1) is 13.6. The molecular weight excluding hydrogens is 250 g/mol. The van der Waals surface area contributed by atoms with E-state index < -0.39 is 0 Å². The molecule has 1 aromatic carbocycles. The minimum atomic E-state index is 0.204. The van der Waals surface area contributed by atoms with Crippen LogP contribution in [0.2, 0.25) is 0 Å². The maximum absolute atomic E-state index is 12.2. The summed E-state index contributed by atoms with van der Waals surface area (Å²) in [6.45, 7) is 1.47. The number of hydrogen-bond acceptors (Lipinski definition) is 2. The molecule has 20 heavy (non-hydrogen) atoms. The summed E-state index contributed by atoms with van der Waals surface area (Å²) < 4.78 is 5.31. The molecule has 1 amide bonds. The van der Waals surface area contributed by atoms with Crippen LogP contribution < -0.4 is 5.32 Å². The quantitative estimate of drug-likeness (QED) is 0.919. The average molecular weight is 273 g/mol. The molecule has 1 heterocycles. The third-order valence-corrected chi connectivity index (χ3v) is 4.65. The predicted octanol–water partition coefficient (Wildman–Crippen LogP) is 2.87. The Bertz CT molecular complexity index is 432. The summed E-state index contributed by atoms with van der Waals surface area (Å²) in [5.41, 5.74) is 1.43. The van der Waals surface area contributed by atoms with Gasteiger partial charge in [-0.2, -0.15) is 0 Å². The lowest BCUT2D eigenvalue weighted by Crippen LogP contribution is -2.40. The highest BCUT2D eigenvalue weighted by atomic mass is 16.5. The molecule has 0 spiro atoms. The van der Waals surface area contributed by atoms with Gasteiger partial charge in [-0.05, 0) is 43.6 Å². The number of carbonyl (C=O) groups excluding carboxylic acids is 1. The Hall–Kier alpha value is -1.35. The second-order valence-corrected chi connectivity index (χ2v) is 6.03. The van der Waals surface area contributed by atoms with Gasteiger partial charge in [-0.25, -0.2) is 0 Å². The van der Waals surface area contributed by atoms with Gasteiger partial charge >= 0.3 is 0 Å². The first-order chi connectivity index (χ1) is 9.83. The Balaban J connectivity index is 1.49. The van der Waals surface area contributed by atoms with E-state index in [2.05, 4.69) is 35.6 Å². The number of benzene rings is 1. The monoisotopic (exact) mass is 273 g/mol. The Morgan fingerprint density at radius 3 is 2.45 bits per heavy atom. The van der Waals surface area contributed by atoms with Gasteiger partial charge in [-0.3, -0.25) is 4.79 Å². The van der Waals surface area contributed by atoms with Crippen molar-refractivity contribution in [2.75, 3.05) is 13.2 Å². The Morgan fingerprint density at radius 2 is 1.80 bits per heavy atom. The molecule has 2 aliphatic rings. The molecule has 1 N–H and O–H groups in total. The third kappa shape index (κ3) is 3.21. The van der Waals surface area contributed by atoms with Gasteiger partial charge in [0.2, 0.25) is 5.91 Å². The molecule has 1 saturated heterocycles. The maximum Gasteiger partial charge on any atom is 0.223 e. The average Bonchev–Trinajstić information content (AvgIpc) is 3.01. The summed E-state index contributed by atoms with van der Waals surface area (Å²) in [5, 5.41) is 3.14. The van der Waals surface area contributed by atoms with Crippen molar-refractivity contribution in [3.63, 3.8) is 0 Å². The molecule has 2 fully saturated rings. The second-order valence-electron chi connectivity index (χ2n) is 6.03. The minimum Gasteiger partial charge on any atom is -0.379 e. The number of hydrogen-bond donors (Lipinski definition) is 1. The fourth-order valence-electron chi connectivity index (χ4n) is 3.38. The van der Waals surface area contributed by atoms with E-state index in [9.17, 15) is 4.79 Å². The van der Waals surface area contributed by atoms with Crippen LogP contribution in [0.4, 0.5) is 0 Å². The van der Waals surface area contributed by atoms with Gasteiger partial charge < -0.3 is 10.1 Å². The Labute approximate surface area is 120 Å². The summed E-state index contributed by atoms with van der Waals surface area (Å²) in [6.07, 6.45) is 5.25. The van der Waals surface area contributed by atoms with Gasteiger partial charge in [-0.15, -0.1) is 0 Å². The highest BCUT2D eigenvalue weighted by Crippen LogP contribution is 2.35. The maximum atomic E-state index is 12.2.